The van der Waals surface area contributed by atoms with Gasteiger partial charge in [0.1, 0.15) is 5.82 Å². The highest BCUT2D eigenvalue weighted by atomic mass is 35.5. The van der Waals surface area contributed by atoms with Gasteiger partial charge in [0.2, 0.25) is 0 Å². The van der Waals surface area contributed by atoms with E-state index in [1.165, 1.54) is 12.1 Å². The first-order chi connectivity index (χ1) is 9.49. The first-order valence-corrected chi connectivity index (χ1v) is 7.19. The Hall–Kier alpha value is -0.970. The minimum Gasteiger partial charge on any atom is -0.379 e. The summed E-state index contributed by atoms with van der Waals surface area (Å²) >= 11 is 5.74. The molecule has 1 atom stereocenters. The van der Waals surface area contributed by atoms with E-state index in [0.29, 0.717) is 37.7 Å². The number of morpholine rings is 1. The number of hydrogen-bond donors (Lipinski definition) is 0. The summed E-state index contributed by atoms with van der Waals surface area (Å²) in [5.41, 5.74) is -0.608. The lowest BCUT2D eigenvalue weighted by Gasteiger charge is -2.41. The molecule has 0 N–H and O–H groups in total. The monoisotopic (exact) mass is 299 g/mol. The first kappa shape index (κ1) is 15.4. The van der Waals surface area contributed by atoms with Crippen LogP contribution >= 0.6 is 11.6 Å². The number of rotatable bonds is 4. The third-order valence-corrected chi connectivity index (χ3v) is 4.30. The molecule has 0 aliphatic carbocycles. The molecule has 1 fully saturated rings. The summed E-state index contributed by atoms with van der Waals surface area (Å²) in [6.07, 6.45) is 0.619. The van der Waals surface area contributed by atoms with Crippen molar-refractivity contribution in [2.24, 2.45) is 0 Å². The number of Topliss-reactive ketones (excluding diaryl/α,β-unsaturated/α-hetero) is 1. The van der Waals surface area contributed by atoms with Crippen molar-refractivity contribution in [3.05, 3.63) is 34.6 Å². The Bertz CT molecular complexity index is 503. The van der Waals surface area contributed by atoms with Crippen molar-refractivity contribution in [2.45, 2.75) is 25.8 Å². The molecule has 1 heterocycles. The van der Waals surface area contributed by atoms with Crippen LogP contribution in [0.15, 0.2) is 18.2 Å². The van der Waals surface area contributed by atoms with Crippen molar-refractivity contribution in [3.8, 4) is 0 Å². The van der Waals surface area contributed by atoms with Crippen molar-refractivity contribution >= 4 is 17.4 Å². The average molecular weight is 300 g/mol. The van der Waals surface area contributed by atoms with E-state index in [-0.39, 0.29) is 11.3 Å². The van der Waals surface area contributed by atoms with Gasteiger partial charge < -0.3 is 4.74 Å². The number of carbonyl (C=O) groups excluding carboxylic acids is 1. The van der Waals surface area contributed by atoms with Crippen LogP contribution in [0.3, 0.4) is 0 Å². The SMILES string of the molecule is CCC(C)(C(=O)c1ccc(Cl)cc1F)N1CCOCC1. The zero-order valence-corrected chi connectivity index (χ0v) is 12.5. The van der Waals surface area contributed by atoms with E-state index in [2.05, 4.69) is 4.90 Å². The van der Waals surface area contributed by atoms with Gasteiger partial charge in [-0.1, -0.05) is 18.5 Å². The Labute approximate surface area is 123 Å². The lowest BCUT2D eigenvalue weighted by atomic mass is 9.86. The van der Waals surface area contributed by atoms with Gasteiger partial charge in [-0.3, -0.25) is 9.69 Å². The highest BCUT2D eigenvalue weighted by Gasteiger charge is 2.39. The third-order valence-electron chi connectivity index (χ3n) is 4.06. The summed E-state index contributed by atoms with van der Waals surface area (Å²) in [6, 6.07) is 4.20. The number of benzene rings is 1. The van der Waals surface area contributed by atoms with Crippen LogP contribution in [0.1, 0.15) is 30.6 Å². The van der Waals surface area contributed by atoms with Crippen LogP contribution < -0.4 is 0 Å². The number of ether oxygens (including phenoxy) is 1. The van der Waals surface area contributed by atoms with Crippen molar-refractivity contribution in [1.29, 1.82) is 0 Å². The molecule has 0 aromatic heterocycles. The summed E-state index contributed by atoms with van der Waals surface area (Å²) in [4.78, 5) is 14.8. The average Bonchev–Trinajstić information content (AvgIpc) is 2.46. The molecule has 1 unspecified atom stereocenters. The summed E-state index contributed by atoms with van der Waals surface area (Å²) < 4.78 is 19.3. The van der Waals surface area contributed by atoms with E-state index in [0.717, 1.165) is 0 Å². The molecule has 0 amide bonds. The molecule has 0 saturated carbocycles. The molecule has 1 aliphatic rings. The van der Waals surface area contributed by atoms with E-state index in [1.54, 1.807) is 6.07 Å². The second kappa shape index (κ2) is 6.20. The lowest BCUT2D eigenvalue weighted by Crippen LogP contribution is -2.56. The number of carbonyl (C=O) groups is 1. The van der Waals surface area contributed by atoms with Gasteiger partial charge in [0.25, 0.3) is 0 Å². The van der Waals surface area contributed by atoms with Gasteiger partial charge >= 0.3 is 0 Å². The molecule has 0 radical (unpaired) electrons. The number of halogens is 2. The smallest absolute Gasteiger partial charge is 0.185 e. The molecule has 1 aliphatic heterocycles. The fourth-order valence-corrected chi connectivity index (χ4v) is 2.71. The molecule has 3 nitrogen and oxygen atoms in total. The zero-order chi connectivity index (χ0) is 14.8. The quantitative estimate of drug-likeness (QED) is 0.800. The van der Waals surface area contributed by atoms with Crippen molar-refractivity contribution in [1.82, 2.24) is 4.90 Å². The summed E-state index contributed by atoms with van der Waals surface area (Å²) in [5, 5.41) is 0.295. The highest BCUT2D eigenvalue weighted by Crippen LogP contribution is 2.27. The maximum absolute atomic E-state index is 14.0. The molecule has 5 heteroatoms. The summed E-state index contributed by atoms with van der Waals surface area (Å²) in [5.74, 6) is -0.758. The number of hydrogen-bond acceptors (Lipinski definition) is 3. The maximum Gasteiger partial charge on any atom is 0.185 e. The molecule has 1 aromatic carbocycles. The first-order valence-electron chi connectivity index (χ1n) is 6.81. The van der Waals surface area contributed by atoms with Crippen LogP contribution in [0.5, 0.6) is 0 Å². The Morgan fingerprint density at radius 2 is 2.10 bits per heavy atom. The van der Waals surface area contributed by atoms with Crippen LogP contribution in [-0.2, 0) is 4.74 Å². The fourth-order valence-electron chi connectivity index (χ4n) is 2.55. The predicted octanol–water partition coefficient (Wildman–Crippen LogP) is 3.16. The Morgan fingerprint density at radius 3 is 2.65 bits per heavy atom. The standard InChI is InChI=1S/C15H19ClFNO2/c1-3-15(2,18-6-8-20-9-7-18)14(19)12-5-4-11(16)10-13(12)17/h4-5,10H,3,6-9H2,1-2H3. The zero-order valence-electron chi connectivity index (χ0n) is 11.8. The van der Waals surface area contributed by atoms with Gasteiger partial charge in [-0.2, -0.15) is 0 Å². The maximum atomic E-state index is 14.0. The van der Waals surface area contributed by atoms with E-state index < -0.39 is 11.4 Å². The number of ketones is 1. The minimum absolute atomic E-state index is 0.102. The fraction of sp³-hybridized carbons (Fsp3) is 0.533. The van der Waals surface area contributed by atoms with Crippen molar-refractivity contribution in [3.63, 3.8) is 0 Å². The molecule has 2 rings (SSSR count). The molecule has 1 aromatic rings. The topological polar surface area (TPSA) is 29.5 Å². The Balaban J connectivity index is 2.32. The van der Waals surface area contributed by atoms with Gasteiger partial charge in [-0.05, 0) is 31.5 Å². The molecule has 20 heavy (non-hydrogen) atoms. The van der Waals surface area contributed by atoms with Crippen LogP contribution in [0.2, 0.25) is 5.02 Å². The Morgan fingerprint density at radius 1 is 1.45 bits per heavy atom. The van der Waals surface area contributed by atoms with Gasteiger partial charge in [0, 0.05) is 18.1 Å². The van der Waals surface area contributed by atoms with Gasteiger partial charge in [0.15, 0.2) is 5.78 Å². The minimum atomic E-state index is -0.710. The second-order valence-corrected chi connectivity index (χ2v) is 5.62. The van der Waals surface area contributed by atoms with Gasteiger partial charge in [-0.15, -0.1) is 0 Å². The summed E-state index contributed by atoms with van der Waals surface area (Å²) in [6.45, 7) is 6.39. The van der Waals surface area contributed by atoms with E-state index in [1.807, 2.05) is 13.8 Å². The van der Waals surface area contributed by atoms with Crippen LogP contribution in [0.4, 0.5) is 4.39 Å². The Kier molecular flexibility index (Phi) is 4.78. The second-order valence-electron chi connectivity index (χ2n) is 5.18. The highest BCUT2D eigenvalue weighted by molar-refractivity contribution is 6.30. The summed E-state index contributed by atoms with van der Waals surface area (Å²) in [7, 11) is 0. The molecular weight excluding hydrogens is 281 g/mol. The van der Waals surface area contributed by atoms with Crippen molar-refractivity contribution < 1.29 is 13.9 Å². The third kappa shape index (κ3) is 2.87. The normalized spacial score (nSPS) is 19.6. The van der Waals surface area contributed by atoms with E-state index in [9.17, 15) is 9.18 Å². The molecular formula is C15H19ClFNO2. The van der Waals surface area contributed by atoms with Crippen LogP contribution in [0.25, 0.3) is 0 Å². The molecule has 0 spiro atoms. The van der Waals surface area contributed by atoms with E-state index >= 15 is 0 Å². The largest absolute Gasteiger partial charge is 0.379 e. The molecule has 1 saturated heterocycles. The molecule has 0 bridgehead atoms. The van der Waals surface area contributed by atoms with Crippen LogP contribution in [-0.4, -0.2) is 42.5 Å². The van der Waals surface area contributed by atoms with Gasteiger partial charge in [0.05, 0.1) is 24.3 Å². The lowest BCUT2D eigenvalue weighted by molar-refractivity contribution is -0.0107. The van der Waals surface area contributed by atoms with E-state index in [4.69, 9.17) is 16.3 Å². The molecule has 110 valence electrons. The number of nitrogens with zero attached hydrogens (tertiary/aromatic N) is 1. The van der Waals surface area contributed by atoms with Crippen LogP contribution in [0, 0.1) is 5.82 Å². The predicted molar refractivity (Wildman–Crippen MR) is 76.8 cm³/mol. The van der Waals surface area contributed by atoms with Gasteiger partial charge in [-0.25, -0.2) is 4.39 Å². The van der Waals surface area contributed by atoms with Crippen molar-refractivity contribution in [2.75, 3.05) is 26.3 Å².